The molecule has 3 rings (SSSR count). The van der Waals surface area contributed by atoms with Crippen LogP contribution in [-0.4, -0.2) is 12.5 Å². The second kappa shape index (κ2) is 8.51. The summed E-state index contributed by atoms with van der Waals surface area (Å²) in [5, 5.41) is 3.13. The van der Waals surface area contributed by atoms with Gasteiger partial charge in [-0.25, -0.2) is 0 Å². The number of hydrogen-bond donors (Lipinski definition) is 1. The Balaban J connectivity index is 1.78. The van der Waals surface area contributed by atoms with Gasteiger partial charge in [-0.3, -0.25) is 4.79 Å². The fourth-order valence-corrected chi connectivity index (χ4v) is 2.46. The zero-order chi connectivity index (χ0) is 19.2. The first-order chi connectivity index (χ1) is 13.0. The van der Waals surface area contributed by atoms with E-state index in [-0.39, 0.29) is 11.3 Å². The highest BCUT2D eigenvalue weighted by Gasteiger charge is 2.12. The van der Waals surface area contributed by atoms with Gasteiger partial charge < -0.3 is 14.8 Å². The number of halogens is 3. The minimum absolute atomic E-state index is 0.0302. The normalized spacial score (nSPS) is 10.5. The van der Waals surface area contributed by atoms with Gasteiger partial charge in [-0.1, -0.05) is 29.8 Å². The summed E-state index contributed by atoms with van der Waals surface area (Å²) in [7, 11) is 0. The van der Waals surface area contributed by atoms with Gasteiger partial charge in [0.15, 0.2) is 5.75 Å². The number of carbonyl (C=O) groups excluding carboxylic acids is 1. The van der Waals surface area contributed by atoms with E-state index < -0.39 is 12.5 Å². The van der Waals surface area contributed by atoms with Crippen molar-refractivity contribution in [2.24, 2.45) is 0 Å². The van der Waals surface area contributed by atoms with Crippen molar-refractivity contribution in [3.8, 4) is 17.2 Å². The van der Waals surface area contributed by atoms with E-state index in [9.17, 15) is 13.6 Å². The number of ether oxygens (including phenoxy) is 2. The Labute approximate surface area is 159 Å². The zero-order valence-electron chi connectivity index (χ0n) is 13.9. The molecule has 0 spiro atoms. The maximum atomic E-state index is 12.5. The first-order valence-electron chi connectivity index (χ1n) is 7.90. The maximum absolute atomic E-state index is 12.5. The zero-order valence-corrected chi connectivity index (χ0v) is 14.6. The molecule has 0 heterocycles. The van der Waals surface area contributed by atoms with Crippen LogP contribution >= 0.6 is 11.6 Å². The molecule has 0 aliphatic heterocycles. The van der Waals surface area contributed by atoms with Crippen LogP contribution in [0.15, 0.2) is 72.8 Å². The molecule has 0 unspecified atom stereocenters. The van der Waals surface area contributed by atoms with E-state index in [2.05, 4.69) is 10.1 Å². The highest BCUT2D eigenvalue weighted by atomic mass is 35.5. The Bertz CT molecular complexity index is 918. The second-order valence-electron chi connectivity index (χ2n) is 5.41. The van der Waals surface area contributed by atoms with Crippen LogP contribution < -0.4 is 14.8 Å². The number of rotatable bonds is 6. The van der Waals surface area contributed by atoms with Gasteiger partial charge in [0.25, 0.3) is 5.91 Å². The van der Waals surface area contributed by atoms with E-state index in [1.165, 1.54) is 24.3 Å². The quantitative estimate of drug-likeness (QED) is 0.563. The van der Waals surface area contributed by atoms with Crippen LogP contribution in [0, 0.1) is 0 Å². The average Bonchev–Trinajstić information content (AvgIpc) is 2.65. The molecule has 7 heteroatoms. The largest absolute Gasteiger partial charge is 0.455 e. The van der Waals surface area contributed by atoms with Crippen molar-refractivity contribution < 1.29 is 23.0 Å². The summed E-state index contributed by atoms with van der Waals surface area (Å²) in [5.74, 6) is 0.539. The number of carbonyl (C=O) groups is 1. The molecule has 0 aromatic heterocycles. The molecular weight excluding hydrogens is 376 g/mol. The fourth-order valence-electron chi connectivity index (χ4n) is 2.29. The predicted octanol–water partition coefficient (Wildman–Crippen LogP) is 5.99. The van der Waals surface area contributed by atoms with Gasteiger partial charge in [-0.2, -0.15) is 8.78 Å². The third-order valence-electron chi connectivity index (χ3n) is 3.50. The lowest BCUT2D eigenvalue weighted by atomic mass is 10.2. The van der Waals surface area contributed by atoms with Crippen molar-refractivity contribution in [1.29, 1.82) is 0 Å². The summed E-state index contributed by atoms with van der Waals surface area (Å²) in [6.45, 7) is -2.92. The third-order valence-corrected chi connectivity index (χ3v) is 3.74. The van der Waals surface area contributed by atoms with Crippen LogP contribution in [0.5, 0.6) is 17.2 Å². The summed E-state index contributed by atoms with van der Waals surface area (Å²) in [6.07, 6.45) is 0. The number of anilines is 1. The Hall–Kier alpha value is -3.12. The van der Waals surface area contributed by atoms with Crippen LogP contribution in [0.3, 0.4) is 0 Å². The van der Waals surface area contributed by atoms with Gasteiger partial charge in [0.05, 0.1) is 5.69 Å². The molecule has 0 aliphatic rings. The molecular formula is C20H14ClF2NO3. The minimum atomic E-state index is -2.92. The van der Waals surface area contributed by atoms with E-state index in [1.54, 1.807) is 30.3 Å². The number of benzene rings is 3. The SMILES string of the molecule is O=C(Nc1cc(Cl)ccc1Oc1ccccc1)c1ccc(OC(F)F)cc1. The maximum Gasteiger partial charge on any atom is 0.387 e. The van der Waals surface area contributed by atoms with Crippen molar-refractivity contribution in [3.05, 3.63) is 83.4 Å². The number of hydrogen-bond acceptors (Lipinski definition) is 3. The summed E-state index contributed by atoms with van der Waals surface area (Å²) >= 11 is 6.02. The highest BCUT2D eigenvalue weighted by Crippen LogP contribution is 2.32. The number of amides is 1. The molecule has 0 aliphatic carbocycles. The molecule has 0 atom stereocenters. The van der Waals surface area contributed by atoms with Crippen LogP contribution in [0.2, 0.25) is 5.02 Å². The van der Waals surface area contributed by atoms with Gasteiger partial charge in [0.1, 0.15) is 11.5 Å². The fraction of sp³-hybridized carbons (Fsp3) is 0.0500. The molecule has 1 N–H and O–H groups in total. The first kappa shape index (κ1) is 18.7. The monoisotopic (exact) mass is 389 g/mol. The van der Waals surface area contributed by atoms with Gasteiger partial charge in [0.2, 0.25) is 0 Å². The molecule has 0 saturated heterocycles. The summed E-state index contributed by atoms with van der Waals surface area (Å²) in [5.41, 5.74) is 0.645. The van der Waals surface area contributed by atoms with E-state index in [0.717, 1.165) is 0 Å². The van der Waals surface area contributed by atoms with E-state index >= 15 is 0 Å². The van der Waals surface area contributed by atoms with E-state index in [0.29, 0.717) is 22.2 Å². The lowest BCUT2D eigenvalue weighted by Gasteiger charge is -2.13. The topological polar surface area (TPSA) is 47.6 Å². The third kappa shape index (κ3) is 5.18. The van der Waals surface area contributed by atoms with Crippen LogP contribution in [-0.2, 0) is 0 Å². The van der Waals surface area contributed by atoms with E-state index in [4.69, 9.17) is 16.3 Å². The first-order valence-corrected chi connectivity index (χ1v) is 8.28. The molecule has 138 valence electrons. The Kier molecular flexibility index (Phi) is 5.88. The molecule has 1 amide bonds. The summed E-state index contributed by atoms with van der Waals surface area (Å²) in [4.78, 5) is 12.5. The molecule has 3 aromatic rings. The number of alkyl halides is 2. The molecule has 4 nitrogen and oxygen atoms in total. The lowest BCUT2D eigenvalue weighted by molar-refractivity contribution is -0.0498. The van der Waals surface area contributed by atoms with Crippen molar-refractivity contribution >= 4 is 23.2 Å². The Morgan fingerprint density at radius 2 is 1.63 bits per heavy atom. The van der Waals surface area contributed by atoms with Crippen LogP contribution in [0.25, 0.3) is 0 Å². The molecule has 0 fully saturated rings. The minimum Gasteiger partial charge on any atom is -0.455 e. The van der Waals surface area contributed by atoms with Crippen LogP contribution in [0.1, 0.15) is 10.4 Å². The molecule has 3 aromatic carbocycles. The van der Waals surface area contributed by atoms with Gasteiger partial charge >= 0.3 is 6.61 Å². The molecule has 0 saturated carbocycles. The summed E-state index contributed by atoms with van der Waals surface area (Å²) in [6, 6.07) is 19.3. The number of para-hydroxylation sites is 1. The van der Waals surface area contributed by atoms with Crippen molar-refractivity contribution in [2.75, 3.05) is 5.32 Å². The Morgan fingerprint density at radius 1 is 0.926 bits per heavy atom. The molecule has 0 radical (unpaired) electrons. The van der Waals surface area contributed by atoms with Crippen LogP contribution in [0.4, 0.5) is 14.5 Å². The van der Waals surface area contributed by atoms with Crippen molar-refractivity contribution in [3.63, 3.8) is 0 Å². The number of nitrogens with one attached hydrogen (secondary N) is 1. The smallest absolute Gasteiger partial charge is 0.387 e. The highest BCUT2D eigenvalue weighted by molar-refractivity contribution is 6.31. The van der Waals surface area contributed by atoms with Crippen molar-refractivity contribution in [1.82, 2.24) is 0 Å². The Morgan fingerprint density at radius 3 is 2.30 bits per heavy atom. The second-order valence-corrected chi connectivity index (χ2v) is 5.85. The predicted molar refractivity (Wildman–Crippen MR) is 99.0 cm³/mol. The summed E-state index contributed by atoms with van der Waals surface area (Å²) < 4.78 is 34.5. The molecule has 27 heavy (non-hydrogen) atoms. The van der Waals surface area contributed by atoms with Gasteiger partial charge in [0, 0.05) is 10.6 Å². The molecule has 0 bridgehead atoms. The standard InChI is InChI=1S/C20H14ClF2NO3/c21-14-8-11-18(26-15-4-2-1-3-5-15)17(12-14)24-19(25)13-6-9-16(10-7-13)27-20(22)23/h1-12,20H,(H,24,25). The van der Waals surface area contributed by atoms with Gasteiger partial charge in [-0.15, -0.1) is 0 Å². The van der Waals surface area contributed by atoms with Crippen molar-refractivity contribution in [2.45, 2.75) is 6.61 Å². The lowest BCUT2D eigenvalue weighted by Crippen LogP contribution is -2.12. The van der Waals surface area contributed by atoms with Gasteiger partial charge in [-0.05, 0) is 54.6 Å². The average molecular weight is 390 g/mol. The van der Waals surface area contributed by atoms with E-state index in [1.807, 2.05) is 18.2 Å².